The first-order valence-electron chi connectivity index (χ1n) is 9.29. The van der Waals surface area contributed by atoms with E-state index in [4.69, 9.17) is 4.74 Å². The van der Waals surface area contributed by atoms with Gasteiger partial charge in [0.2, 0.25) is 5.91 Å². The van der Waals surface area contributed by atoms with E-state index in [1.807, 2.05) is 45.0 Å². The molecule has 0 spiro atoms. The van der Waals surface area contributed by atoms with Crippen molar-refractivity contribution < 1.29 is 9.53 Å². The van der Waals surface area contributed by atoms with E-state index >= 15 is 0 Å². The van der Waals surface area contributed by atoms with E-state index in [0.29, 0.717) is 12.2 Å². The molecule has 0 fully saturated rings. The summed E-state index contributed by atoms with van der Waals surface area (Å²) in [6.07, 6.45) is 1.36. The Balaban J connectivity index is 2.35. The van der Waals surface area contributed by atoms with Crippen LogP contribution in [0.25, 0.3) is 11.4 Å². The van der Waals surface area contributed by atoms with Gasteiger partial charge in [-0.3, -0.25) is 4.79 Å². The first kappa shape index (κ1) is 20.1. The van der Waals surface area contributed by atoms with E-state index < -0.39 is 0 Å². The van der Waals surface area contributed by atoms with Gasteiger partial charge in [-0.15, -0.1) is 5.10 Å². The molecular weight excluding hydrogens is 326 g/mol. The third kappa shape index (κ3) is 5.41. The van der Waals surface area contributed by atoms with E-state index in [2.05, 4.69) is 37.8 Å². The lowest BCUT2D eigenvalue weighted by Gasteiger charge is -2.22. The third-order valence-electron chi connectivity index (χ3n) is 4.03. The topological polar surface area (TPSA) is 57.0 Å². The van der Waals surface area contributed by atoms with Gasteiger partial charge in [0.1, 0.15) is 0 Å². The van der Waals surface area contributed by atoms with Gasteiger partial charge in [-0.25, -0.2) is 0 Å². The molecule has 1 unspecified atom stereocenters. The van der Waals surface area contributed by atoms with Crippen LogP contribution in [0.15, 0.2) is 24.3 Å². The summed E-state index contributed by atoms with van der Waals surface area (Å²) in [5.41, 5.74) is 2.13. The SMILES string of the molecule is Cc1ccccc1-c1nc(OC(C)C)nn1C(=O)CC(C)CC(C)(C)C. The van der Waals surface area contributed by atoms with Crippen molar-refractivity contribution in [3.8, 4) is 17.4 Å². The predicted molar refractivity (Wildman–Crippen MR) is 104 cm³/mol. The summed E-state index contributed by atoms with van der Waals surface area (Å²) in [6.45, 7) is 14.5. The highest BCUT2D eigenvalue weighted by atomic mass is 16.5. The molecule has 1 atom stereocenters. The average molecular weight is 357 g/mol. The van der Waals surface area contributed by atoms with Crippen LogP contribution in [0.3, 0.4) is 0 Å². The van der Waals surface area contributed by atoms with Crippen LogP contribution in [-0.2, 0) is 0 Å². The number of aryl methyl sites for hydroxylation is 1. The van der Waals surface area contributed by atoms with Gasteiger partial charge >= 0.3 is 6.01 Å². The Morgan fingerprint density at radius 1 is 1.19 bits per heavy atom. The number of carbonyl (C=O) groups is 1. The van der Waals surface area contributed by atoms with Gasteiger partial charge in [0.05, 0.1) is 6.10 Å². The maximum Gasteiger partial charge on any atom is 0.336 e. The van der Waals surface area contributed by atoms with Crippen LogP contribution in [0.4, 0.5) is 0 Å². The zero-order valence-corrected chi connectivity index (χ0v) is 17.0. The van der Waals surface area contributed by atoms with Crippen LogP contribution in [0.1, 0.15) is 64.7 Å². The standard InChI is InChI=1S/C21H31N3O2/c1-14(2)26-20-22-19(17-11-9-8-10-16(17)4)24(23-20)18(25)12-15(3)13-21(5,6)7/h8-11,14-15H,12-13H2,1-7H3. The molecule has 0 aliphatic rings. The number of aromatic nitrogens is 3. The molecule has 5 nitrogen and oxygen atoms in total. The first-order chi connectivity index (χ1) is 12.1. The lowest BCUT2D eigenvalue weighted by atomic mass is 9.84. The number of hydrogen-bond acceptors (Lipinski definition) is 4. The molecule has 1 aromatic heterocycles. The summed E-state index contributed by atoms with van der Waals surface area (Å²) in [6, 6.07) is 8.12. The third-order valence-corrected chi connectivity index (χ3v) is 4.03. The molecule has 2 rings (SSSR count). The highest BCUT2D eigenvalue weighted by Gasteiger charge is 2.23. The fourth-order valence-electron chi connectivity index (χ4n) is 3.23. The average Bonchev–Trinajstić information content (AvgIpc) is 2.88. The van der Waals surface area contributed by atoms with Gasteiger partial charge < -0.3 is 4.74 Å². The molecule has 0 N–H and O–H groups in total. The molecule has 0 amide bonds. The van der Waals surface area contributed by atoms with Crippen LogP contribution in [0.2, 0.25) is 0 Å². The number of nitrogens with zero attached hydrogens (tertiary/aromatic N) is 3. The van der Waals surface area contributed by atoms with Crippen molar-refractivity contribution >= 4 is 5.91 Å². The lowest BCUT2D eigenvalue weighted by molar-refractivity contribution is 0.0854. The Bertz CT molecular complexity index is 757. The Hall–Kier alpha value is -2.17. The number of ether oxygens (including phenoxy) is 1. The molecule has 26 heavy (non-hydrogen) atoms. The summed E-state index contributed by atoms with van der Waals surface area (Å²) in [5, 5.41) is 4.35. The Morgan fingerprint density at radius 2 is 1.85 bits per heavy atom. The van der Waals surface area contributed by atoms with Crippen molar-refractivity contribution in [2.45, 2.75) is 67.4 Å². The van der Waals surface area contributed by atoms with Crippen molar-refractivity contribution in [3.63, 3.8) is 0 Å². The lowest BCUT2D eigenvalue weighted by Crippen LogP contribution is -2.20. The summed E-state index contributed by atoms with van der Waals surface area (Å²) in [7, 11) is 0. The van der Waals surface area contributed by atoms with Crippen LogP contribution in [0, 0.1) is 18.3 Å². The second kappa shape index (κ2) is 8.02. The van der Waals surface area contributed by atoms with Crippen molar-refractivity contribution in [2.24, 2.45) is 11.3 Å². The molecule has 0 aliphatic heterocycles. The zero-order valence-electron chi connectivity index (χ0n) is 17.0. The highest BCUT2D eigenvalue weighted by molar-refractivity contribution is 5.83. The van der Waals surface area contributed by atoms with Crippen LogP contribution in [-0.4, -0.2) is 26.8 Å². The van der Waals surface area contributed by atoms with Gasteiger partial charge in [-0.05, 0) is 44.1 Å². The van der Waals surface area contributed by atoms with E-state index in [1.54, 1.807) is 0 Å². The van der Waals surface area contributed by atoms with Gasteiger partial charge in [-0.2, -0.15) is 9.67 Å². The fraction of sp³-hybridized carbons (Fsp3) is 0.571. The molecule has 0 saturated carbocycles. The minimum Gasteiger partial charge on any atom is -0.460 e. The number of hydrogen-bond donors (Lipinski definition) is 0. The largest absolute Gasteiger partial charge is 0.460 e. The number of carbonyl (C=O) groups excluding carboxylic acids is 1. The van der Waals surface area contributed by atoms with Crippen molar-refractivity contribution in [1.82, 2.24) is 14.8 Å². The molecule has 2 aromatic rings. The molecule has 1 aromatic carbocycles. The second-order valence-corrected chi connectivity index (χ2v) is 8.58. The monoisotopic (exact) mass is 357 g/mol. The van der Waals surface area contributed by atoms with Crippen molar-refractivity contribution in [2.75, 3.05) is 0 Å². The number of benzene rings is 1. The zero-order chi connectivity index (χ0) is 19.5. The Labute approximate surface area is 156 Å². The maximum atomic E-state index is 13.0. The van der Waals surface area contributed by atoms with E-state index in [9.17, 15) is 4.79 Å². The van der Waals surface area contributed by atoms with Gasteiger partial charge in [-0.1, -0.05) is 52.0 Å². The molecular formula is C21H31N3O2. The quantitative estimate of drug-likeness (QED) is 0.718. The van der Waals surface area contributed by atoms with Gasteiger partial charge in [0.25, 0.3) is 0 Å². The van der Waals surface area contributed by atoms with Gasteiger partial charge in [0.15, 0.2) is 5.82 Å². The van der Waals surface area contributed by atoms with E-state index in [0.717, 1.165) is 17.5 Å². The Morgan fingerprint density at radius 3 is 2.42 bits per heavy atom. The smallest absolute Gasteiger partial charge is 0.336 e. The number of rotatable bonds is 6. The van der Waals surface area contributed by atoms with E-state index in [1.165, 1.54) is 4.68 Å². The molecule has 142 valence electrons. The van der Waals surface area contributed by atoms with Crippen molar-refractivity contribution in [1.29, 1.82) is 0 Å². The highest BCUT2D eigenvalue weighted by Crippen LogP contribution is 2.28. The minimum atomic E-state index is -0.0505. The van der Waals surface area contributed by atoms with Crippen molar-refractivity contribution in [3.05, 3.63) is 29.8 Å². The van der Waals surface area contributed by atoms with Crippen LogP contribution >= 0.6 is 0 Å². The molecule has 1 heterocycles. The van der Waals surface area contributed by atoms with Crippen LogP contribution < -0.4 is 4.74 Å². The Kier molecular flexibility index (Phi) is 6.21. The molecule has 5 heteroatoms. The van der Waals surface area contributed by atoms with Gasteiger partial charge in [0, 0.05) is 12.0 Å². The summed E-state index contributed by atoms with van der Waals surface area (Å²) in [4.78, 5) is 17.4. The summed E-state index contributed by atoms with van der Waals surface area (Å²) >= 11 is 0. The maximum absolute atomic E-state index is 13.0. The predicted octanol–water partition coefficient (Wildman–Crippen LogP) is 5.14. The van der Waals surface area contributed by atoms with Crippen LogP contribution in [0.5, 0.6) is 6.01 Å². The molecule has 0 saturated heterocycles. The first-order valence-corrected chi connectivity index (χ1v) is 9.29. The second-order valence-electron chi connectivity index (χ2n) is 8.58. The molecule has 0 aliphatic carbocycles. The molecule has 0 radical (unpaired) electrons. The summed E-state index contributed by atoms with van der Waals surface area (Å²) in [5.74, 6) is 0.767. The fourth-order valence-corrected chi connectivity index (χ4v) is 3.23. The van der Waals surface area contributed by atoms with E-state index in [-0.39, 0.29) is 29.4 Å². The summed E-state index contributed by atoms with van der Waals surface area (Å²) < 4.78 is 7.05. The normalized spacial score (nSPS) is 13.1. The molecule has 0 bridgehead atoms. The minimum absolute atomic E-state index is 0.0499.